The van der Waals surface area contributed by atoms with Gasteiger partial charge in [0.25, 0.3) is 0 Å². The summed E-state index contributed by atoms with van der Waals surface area (Å²) in [5.74, 6) is -0.101. The molecule has 0 heterocycles. The lowest BCUT2D eigenvalue weighted by Gasteiger charge is -2.15. The summed E-state index contributed by atoms with van der Waals surface area (Å²) < 4.78 is 5.12. The third kappa shape index (κ3) is 2.87. The second-order valence-electron chi connectivity index (χ2n) is 2.73. The Kier molecular flexibility index (Phi) is 3.46. The molecular formula is C10H13NO2. The number of carbonyl (C=O) groups is 1. The minimum atomic E-state index is -0.348. The zero-order valence-electron chi connectivity index (χ0n) is 7.78. The molecule has 1 rings (SSSR count). The number of ether oxygens (including phenoxy) is 1. The molecule has 0 spiro atoms. The smallest absolute Gasteiger partial charge is 0.219 e. The minimum absolute atomic E-state index is 0.101. The van der Waals surface area contributed by atoms with Crippen LogP contribution in [0.5, 0.6) is 0 Å². The molecule has 1 aromatic carbocycles. The zero-order valence-corrected chi connectivity index (χ0v) is 7.78. The van der Waals surface area contributed by atoms with Crippen molar-refractivity contribution in [3.63, 3.8) is 0 Å². The first-order valence-electron chi connectivity index (χ1n) is 4.09. The Morgan fingerprint density at radius 2 is 2.00 bits per heavy atom. The third-order valence-corrected chi connectivity index (χ3v) is 1.67. The number of rotatable bonds is 3. The first-order valence-corrected chi connectivity index (χ1v) is 4.09. The molecule has 0 aromatic heterocycles. The molecule has 1 amide bonds. The van der Waals surface area contributed by atoms with E-state index in [0.717, 1.165) is 5.56 Å². The highest BCUT2D eigenvalue weighted by Crippen LogP contribution is 2.12. The first kappa shape index (κ1) is 9.74. The first-order chi connectivity index (χ1) is 6.24. The van der Waals surface area contributed by atoms with E-state index in [1.165, 1.54) is 6.92 Å². The Morgan fingerprint density at radius 3 is 2.46 bits per heavy atom. The lowest BCUT2D eigenvalue weighted by atomic mass is 10.2. The number of amides is 1. The summed E-state index contributed by atoms with van der Waals surface area (Å²) in [5.41, 5.74) is 0.945. The lowest BCUT2D eigenvalue weighted by molar-refractivity contribution is -0.122. The molecule has 70 valence electrons. The summed E-state index contributed by atoms with van der Waals surface area (Å²) in [6, 6.07) is 9.55. The van der Waals surface area contributed by atoms with E-state index in [2.05, 4.69) is 5.32 Å². The SMILES string of the molecule is CO[C@@H](NC(C)=O)c1ccccc1. The van der Waals surface area contributed by atoms with E-state index in [4.69, 9.17) is 4.74 Å². The Bertz CT molecular complexity index is 272. The Morgan fingerprint density at radius 1 is 1.38 bits per heavy atom. The van der Waals surface area contributed by atoms with Gasteiger partial charge in [0.1, 0.15) is 0 Å². The molecule has 0 radical (unpaired) electrons. The largest absolute Gasteiger partial charge is 0.357 e. The van der Waals surface area contributed by atoms with Crippen molar-refractivity contribution in [2.24, 2.45) is 0 Å². The van der Waals surface area contributed by atoms with Gasteiger partial charge in [0.15, 0.2) is 6.23 Å². The second-order valence-corrected chi connectivity index (χ2v) is 2.73. The van der Waals surface area contributed by atoms with Gasteiger partial charge in [0, 0.05) is 19.6 Å². The van der Waals surface area contributed by atoms with Gasteiger partial charge in [0.2, 0.25) is 5.91 Å². The van der Waals surface area contributed by atoms with Crippen molar-refractivity contribution in [3.05, 3.63) is 35.9 Å². The van der Waals surface area contributed by atoms with Crippen LogP contribution >= 0.6 is 0 Å². The highest BCUT2D eigenvalue weighted by atomic mass is 16.5. The Labute approximate surface area is 77.7 Å². The molecule has 13 heavy (non-hydrogen) atoms. The molecule has 0 aliphatic rings. The normalized spacial score (nSPS) is 12.2. The summed E-state index contributed by atoms with van der Waals surface area (Å²) in [7, 11) is 1.56. The van der Waals surface area contributed by atoms with Crippen molar-refractivity contribution in [2.45, 2.75) is 13.2 Å². The van der Waals surface area contributed by atoms with Crippen LogP contribution < -0.4 is 5.32 Å². The molecule has 1 N–H and O–H groups in total. The molecular weight excluding hydrogens is 166 g/mol. The van der Waals surface area contributed by atoms with Gasteiger partial charge in [0.05, 0.1) is 0 Å². The van der Waals surface area contributed by atoms with Gasteiger partial charge in [-0.15, -0.1) is 0 Å². The third-order valence-electron chi connectivity index (χ3n) is 1.67. The van der Waals surface area contributed by atoms with Crippen LogP contribution in [0.2, 0.25) is 0 Å². The number of methoxy groups -OCH3 is 1. The van der Waals surface area contributed by atoms with Crippen molar-refractivity contribution in [3.8, 4) is 0 Å². The second kappa shape index (κ2) is 4.62. The van der Waals surface area contributed by atoms with E-state index in [1.807, 2.05) is 30.3 Å². The van der Waals surface area contributed by atoms with Crippen molar-refractivity contribution in [1.82, 2.24) is 5.32 Å². The van der Waals surface area contributed by atoms with E-state index in [1.54, 1.807) is 7.11 Å². The van der Waals surface area contributed by atoms with Crippen molar-refractivity contribution < 1.29 is 9.53 Å². The summed E-state index contributed by atoms with van der Waals surface area (Å²) in [5, 5.41) is 2.68. The highest BCUT2D eigenvalue weighted by molar-refractivity contribution is 5.73. The van der Waals surface area contributed by atoms with Crippen LogP contribution in [-0.2, 0) is 9.53 Å². The predicted octanol–water partition coefficient (Wildman–Crippen LogP) is 1.47. The van der Waals surface area contributed by atoms with E-state index < -0.39 is 0 Å². The van der Waals surface area contributed by atoms with Gasteiger partial charge in [-0.2, -0.15) is 0 Å². The molecule has 3 nitrogen and oxygen atoms in total. The average Bonchev–Trinajstić information content (AvgIpc) is 2.15. The molecule has 1 aromatic rings. The quantitative estimate of drug-likeness (QED) is 0.713. The summed E-state index contributed by atoms with van der Waals surface area (Å²) in [4.78, 5) is 10.8. The van der Waals surface area contributed by atoms with E-state index in [-0.39, 0.29) is 12.1 Å². The van der Waals surface area contributed by atoms with Gasteiger partial charge < -0.3 is 10.1 Å². The fourth-order valence-electron chi connectivity index (χ4n) is 1.09. The number of nitrogens with one attached hydrogen (secondary N) is 1. The van der Waals surface area contributed by atoms with Crippen LogP contribution in [0.4, 0.5) is 0 Å². The van der Waals surface area contributed by atoms with Crippen molar-refractivity contribution in [1.29, 1.82) is 0 Å². The van der Waals surface area contributed by atoms with Crippen LogP contribution in [-0.4, -0.2) is 13.0 Å². The maximum Gasteiger partial charge on any atom is 0.219 e. The standard InChI is InChI=1S/C10H13NO2/c1-8(12)11-10(13-2)9-6-4-3-5-7-9/h3-7,10H,1-2H3,(H,11,12)/t10-/m1/s1. The minimum Gasteiger partial charge on any atom is -0.357 e. The zero-order chi connectivity index (χ0) is 9.68. The van der Waals surface area contributed by atoms with E-state index in [9.17, 15) is 4.79 Å². The molecule has 1 atom stereocenters. The fourth-order valence-corrected chi connectivity index (χ4v) is 1.09. The van der Waals surface area contributed by atoms with Crippen LogP contribution in [0.1, 0.15) is 18.7 Å². The topological polar surface area (TPSA) is 38.3 Å². The van der Waals surface area contributed by atoms with E-state index >= 15 is 0 Å². The van der Waals surface area contributed by atoms with Crippen LogP contribution in [0, 0.1) is 0 Å². The van der Waals surface area contributed by atoms with Crippen LogP contribution in [0.15, 0.2) is 30.3 Å². The van der Waals surface area contributed by atoms with Gasteiger partial charge in [-0.1, -0.05) is 30.3 Å². The average molecular weight is 179 g/mol. The molecule has 0 fully saturated rings. The molecule has 0 aliphatic heterocycles. The van der Waals surface area contributed by atoms with Crippen LogP contribution in [0.25, 0.3) is 0 Å². The molecule has 0 saturated carbocycles. The van der Waals surface area contributed by atoms with Crippen LogP contribution in [0.3, 0.4) is 0 Å². The fraction of sp³-hybridized carbons (Fsp3) is 0.300. The molecule has 0 unspecified atom stereocenters. The monoisotopic (exact) mass is 179 g/mol. The summed E-state index contributed by atoms with van der Waals surface area (Å²) in [6.07, 6.45) is -0.348. The number of benzene rings is 1. The Hall–Kier alpha value is -1.35. The molecule has 0 bridgehead atoms. The highest BCUT2D eigenvalue weighted by Gasteiger charge is 2.09. The van der Waals surface area contributed by atoms with Gasteiger partial charge in [-0.05, 0) is 0 Å². The maximum atomic E-state index is 10.8. The van der Waals surface area contributed by atoms with E-state index in [0.29, 0.717) is 0 Å². The Balaban J connectivity index is 2.73. The maximum absolute atomic E-state index is 10.8. The predicted molar refractivity (Wildman–Crippen MR) is 50.0 cm³/mol. The molecule has 0 saturated heterocycles. The lowest BCUT2D eigenvalue weighted by Crippen LogP contribution is -2.27. The summed E-state index contributed by atoms with van der Waals surface area (Å²) in [6.45, 7) is 1.47. The van der Waals surface area contributed by atoms with Gasteiger partial charge >= 0.3 is 0 Å². The van der Waals surface area contributed by atoms with Crippen molar-refractivity contribution in [2.75, 3.05) is 7.11 Å². The molecule has 0 aliphatic carbocycles. The number of hydrogen-bond acceptors (Lipinski definition) is 2. The van der Waals surface area contributed by atoms with Crippen molar-refractivity contribution >= 4 is 5.91 Å². The molecule has 3 heteroatoms. The number of carbonyl (C=O) groups excluding carboxylic acids is 1. The number of hydrogen-bond donors (Lipinski definition) is 1. The summed E-state index contributed by atoms with van der Waals surface area (Å²) >= 11 is 0. The van der Waals surface area contributed by atoms with Gasteiger partial charge in [-0.3, -0.25) is 4.79 Å². The van der Waals surface area contributed by atoms with Gasteiger partial charge in [-0.25, -0.2) is 0 Å².